The fourth-order valence-corrected chi connectivity index (χ4v) is 2.13. The Bertz CT molecular complexity index is 632. The second-order valence-corrected chi connectivity index (χ2v) is 5.01. The van der Waals surface area contributed by atoms with Gasteiger partial charge in [-0.15, -0.1) is 0 Å². The van der Waals surface area contributed by atoms with E-state index < -0.39 is 0 Å². The standard InChI is InChI=1S/C13H10BrClN2O2/c14-8-2-1-3-9(6-8)19-10-4-5-11(12(15)7-10)13(16)17-18/h1-7,18H,(H2,16,17). The van der Waals surface area contributed by atoms with E-state index in [1.54, 1.807) is 18.2 Å². The monoisotopic (exact) mass is 340 g/mol. The molecule has 0 saturated carbocycles. The Morgan fingerprint density at radius 3 is 2.58 bits per heavy atom. The minimum absolute atomic E-state index is 0.0426. The van der Waals surface area contributed by atoms with E-state index >= 15 is 0 Å². The van der Waals surface area contributed by atoms with Crippen LogP contribution in [0.1, 0.15) is 5.56 Å². The first kappa shape index (κ1) is 13.7. The third-order valence-corrected chi connectivity index (χ3v) is 3.16. The quantitative estimate of drug-likeness (QED) is 0.384. The third kappa shape index (κ3) is 3.39. The summed E-state index contributed by atoms with van der Waals surface area (Å²) in [6.45, 7) is 0. The van der Waals surface area contributed by atoms with Crippen LogP contribution in [0.3, 0.4) is 0 Å². The molecule has 0 atom stereocenters. The zero-order chi connectivity index (χ0) is 13.8. The molecule has 0 aliphatic carbocycles. The van der Waals surface area contributed by atoms with Gasteiger partial charge in [0.25, 0.3) is 0 Å². The molecule has 19 heavy (non-hydrogen) atoms. The average Bonchev–Trinajstić information content (AvgIpc) is 2.38. The number of hydrogen-bond acceptors (Lipinski definition) is 3. The average molecular weight is 342 g/mol. The van der Waals surface area contributed by atoms with Gasteiger partial charge in [0, 0.05) is 16.1 Å². The first-order valence-corrected chi connectivity index (χ1v) is 6.48. The van der Waals surface area contributed by atoms with Gasteiger partial charge in [0.05, 0.1) is 5.02 Å². The molecule has 2 aromatic rings. The summed E-state index contributed by atoms with van der Waals surface area (Å²) in [5.41, 5.74) is 5.94. The minimum atomic E-state index is -0.0426. The van der Waals surface area contributed by atoms with E-state index in [9.17, 15) is 0 Å². The van der Waals surface area contributed by atoms with Crippen LogP contribution in [-0.4, -0.2) is 11.0 Å². The van der Waals surface area contributed by atoms with Crippen molar-refractivity contribution in [3.63, 3.8) is 0 Å². The van der Waals surface area contributed by atoms with E-state index in [-0.39, 0.29) is 5.84 Å². The SMILES string of the molecule is NC(=NO)c1ccc(Oc2cccc(Br)c2)cc1Cl. The van der Waals surface area contributed by atoms with Gasteiger partial charge in [-0.2, -0.15) is 0 Å². The van der Waals surface area contributed by atoms with Crippen LogP contribution < -0.4 is 10.5 Å². The second-order valence-electron chi connectivity index (χ2n) is 3.69. The van der Waals surface area contributed by atoms with Crippen LogP contribution in [0.5, 0.6) is 11.5 Å². The molecule has 2 aromatic carbocycles. The molecule has 0 fully saturated rings. The normalized spacial score (nSPS) is 11.4. The van der Waals surface area contributed by atoms with Crippen LogP contribution in [0.2, 0.25) is 5.02 Å². The molecule has 0 radical (unpaired) electrons. The number of halogens is 2. The minimum Gasteiger partial charge on any atom is -0.457 e. The Balaban J connectivity index is 2.26. The lowest BCUT2D eigenvalue weighted by atomic mass is 10.2. The molecule has 4 nitrogen and oxygen atoms in total. The van der Waals surface area contributed by atoms with Crippen LogP contribution in [0.25, 0.3) is 0 Å². The molecule has 0 aliphatic heterocycles. The van der Waals surface area contributed by atoms with Crippen molar-refractivity contribution in [3.8, 4) is 11.5 Å². The van der Waals surface area contributed by atoms with Crippen LogP contribution in [0, 0.1) is 0 Å². The highest BCUT2D eigenvalue weighted by atomic mass is 79.9. The summed E-state index contributed by atoms with van der Waals surface area (Å²) in [6, 6.07) is 12.4. The number of nitrogens with two attached hydrogens (primary N) is 1. The van der Waals surface area contributed by atoms with E-state index in [1.807, 2.05) is 24.3 Å². The van der Waals surface area contributed by atoms with Crippen molar-refractivity contribution in [2.75, 3.05) is 0 Å². The lowest BCUT2D eigenvalue weighted by Crippen LogP contribution is -2.13. The van der Waals surface area contributed by atoms with E-state index in [4.69, 9.17) is 27.3 Å². The Kier molecular flexibility index (Phi) is 4.29. The number of amidine groups is 1. The van der Waals surface area contributed by atoms with Gasteiger partial charge in [0.2, 0.25) is 0 Å². The van der Waals surface area contributed by atoms with E-state index in [1.165, 1.54) is 0 Å². The predicted octanol–water partition coefficient (Wildman–Crippen LogP) is 3.99. The van der Waals surface area contributed by atoms with Crippen molar-refractivity contribution < 1.29 is 9.94 Å². The van der Waals surface area contributed by atoms with E-state index in [0.29, 0.717) is 22.1 Å². The molecule has 0 bridgehead atoms. The van der Waals surface area contributed by atoms with Crippen LogP contribution >= 0.6 is 27.5 Å². The summed E-state index contributed by atoms with van der Waals surface area (Å²) >= 11 is 9.40. The van der Waals surface area contributed by atoms with Crippen molar-refractivity contribution in [3.05, 3.63) is 57.5 Å². The third-order valence-electron chi connectivity index (χ3n) is 2.36. The lowest BCUT2D eigenvalue weighted by Gasteiger charge is -2.08. The Morgan fingerprint density at radius 2 is 1.95 bits per heavy atom. The number of nitrogens with zero attached hydrogens (tertiary/aromatic N) is 1. The lowest BCUT2D eigenvalue weighted by molar-refractivity contribution is 0.318. The van der Waals surface area contributed by atoms with Gasteiger partial charge in [-0.05, 0) is 30.3 Å². The Hall–Kier alpha value is -1.72. The zero-order valence-corrected chi connectivity index (χ0v) is 12.0. The Labute approximate surface area is 123 Å². The number of hydrogen-bond donors (Lipinski definition) is 2. The van der Waals surface area contributed by atoms with Crippen molar-refractivity contribution in [2.45, 2.75) is 0 Å². The molecule has 6 heteroatoms. The van der Waals surface area contributed by atoms with Gasteiger partial charge in [-0.1, -0.05) is 38.8 Å². The van der Waals surface area contributed by atoms with E-state index in [0.717, 1.165) is 4.47 Å². The highest BCUT2D eigenvalue weighted by molar-refractivity contribution is 9.10. The van der Waals surface area contributed by atoms with Gasteiger partial charge < -0.3 is 15.7 Å². The fourth-order valence-electron chi connectivity index (χ4n) is 1.49. The maximum Gasteiger partial charge on any atom is 0.171 e. The summed E-state index contributed by atoms with van der Waals surface area (Å²) in [5, 5.41) is 11.9. The number of ether oxygens (including phenoxy) is 1. The molecule has 0 aliphatic rings. The molecule has 98 valence electrons. The van der Waals surface area contributed by atoms with Crippen molar-refractivity contribution in [1.29, 1.82) is 0 Å². The zero-order valence-electron chi connectivity index (χ0n) is 9.68. The molecule has 0 unspecified atom stereocenters. The molecular formula is C13H10BrClN2O2. The summed E-state index contributed by atoms with van der Waals surface area (Å²) < 4.78 is 6.57. The number of rotatable bonds is 3. The summed E-state index contributed by atoms with van der Waals surface area (Å²) in [5.74, 6) is 1.21. The van der Waals surface area contributed by atoms with Gasteiger partial charge in [-0.3, -0.25) is 0 Å². The number of benzene rings is 2. The summed E-state index contributed by atoms with van der Waals surface area (Å²) in [6.07, 6.45) is 0. The Morgan fingerprint density at radius 1 is 1.21 bits per heavy atom. The molecule has 0 spiro atoms. The van der Waals surface area contributed by atoms with Gasteiger partial charge in [0.15, 0.2) is 5.84 Å². The molecular weight excluding hydrogens is 332 g/mol. The first-order chi connectivity index (χ1) is 9.10. The van der Waals surface area contributed by atoms with Gasteiger partial charge >= 0.3 is 0 Å². The van der Waals surface area contributed by atoms with E-state index in [2.05, 4.69) is 21.1 Å². The van der Waals surface area contributed by atoms with Crippen LogP contribution in [0.4, 0.5) is 0 Å². The molecule has 0 heterocycles. The summed E-state index contributed by atoms with van der Waals surface area (Å²) in [7, 11) is 0. The summed E-state index contributed by atoms with van der Waals surface area (Å²) in [4.78, 5) is 0. The maximum atomic E-state index is 8.62. The highest BCUT2D eigenvalue weighted by Gasteiger charge is 2.07. The molecule has 2 rings (SSSR count). The fraction of sp³-hybridized carbons (Fsp3) is 0. The van der Waals surface area contributed by atoms with Crippen LogP contribution in [-0.2, 0) is 0 Å². The topological polar surface area (TPSA) is 67.8 Å². The molecule has 0 aromatic heterocycles. The second kappa shape index (κ2) is 5.95. The van der Waals surface area contributed by atoms with Crippen molar-refractivity contribution in [1.82, 2.24) is 0 Å². The highest BCUT2D eigenvalue weighted by Crippen LogP contribution is 2.28. The molecule has 0 amide bonds. The van der Waals surface area contributed by atoms with Crippen molar-refractivity contribution in [2.24, 2.45) is 10.9 Å². The van der Waals surface area contributed by atoms with Gasteiger partial charge in [0.1, 0.15) is 11.5 Å². The smallest absolute Gasteiger partial charge is 0.171 e. The predicted molar refractivity (Wildman–Crippen MR) is 78.2 cm³/mol. The maximum absolute atomic E-state index is 8.62. The van der Waals surface area contributed by atoms with Crippen LogP contribution in [0.15, 0.2) is 52.1 Å². The largest absolute Gasteiger partial charge is 0.457 e. The number of oxime groups is 1. The van der Waals surface area contributed by atoms with Crippen molar-refractivity contribution >= 4 is 33.4 Å². The first-order valence-electron chi connectivity index (χ1n) is 5.31. The molecule has 3 N–H and O–H groups in total. The molecule has 0 saturated heterocycles. The van der Waals surface area contributed by atoms with Gasteiger partial charge in [-0.25, -0.2) is 0 Å².